The second kappa shape index (κ2) is 5.79. The zero-order chi connectivity index (χ0) is 14.0. The third-order valence-corrected chi connectivity index (χ3v) is 4.42. The third kappa shape index (κ3) is 3.19. The molecule has 102 valence electrons. The smallest absolute Gasteiger partial charge is 0.270 e. The molecular weight excluding hydrogens is 326 g/mol. The van der Waals surface area contributed by atoms with Crippen molar-refractivity contribution in [3.8, 4) is 0 Å². The van der Waals surface area contributed by atoms with Crippen LogP contribution in [0.1, 0.15) is 23.0 Å². The van der Waals surface area contributed by atoms with E-state index in [1.54, 1.807) is 35.5 Å². The number of amides is 1. The summed E-state index contributed by atoms with van der Waals surface area (Å²) in [6, 6.07) is 3.76. The number of nitrogens with zero attached hydrogens (tertiary/aromatic N) is 2. The molecule has 19 heavy (non-hydrogen) atoms. The minimum atomic E-state index is -0.0131. The van der Waals surface area contributed by atoms with E-state index in [1.165, 1.54) is 0 Å². The molecule has 2 heterocycles. The van der Waals surface area contributed by atoms with E-state index in [9.17, 15) is 4.79 Å². The van der Waals surface area contributed by atoms with Gasteiger partial charge in [-0.15, -0.1) is 11.3 Å². The van der Waals surface area contributed by atoms with Crippen molar-refractivity contribution in [1.82, 2.24) is 9.47 Å². The van der Waals surface area contributed by atoms with Crippen LogP contribution in [-0.2, 0) is 13.1 Å². The number of hydrogen-bond donors (Lipinski definition) is 1. The van der Waals surface area contributed by atoms with Crippen LogP contribution in [0.4, 0.5) is 5.69 Å². The van der Waals surface area contributed by atoms with Crippen LogP contribution in [-0.4, -0.2) is 22.4 Å². The summed E-state index contributed by atoms with van der Waals surface area (Å²) in [4.78, 5) is 14.1. The maximum Gasteiger partial charge on any atom is 0.270 e. The fraction of sp³-hybridized carbons (Fsp3) is 0.308. The number of aromatic nitrogens is 1. The van der Waals surface area contributed by atoms with Crippen LogP contribution < -0.4 is 5.73 Å². The fourth-order valence-corrected chi connectivity index (χ4v) is 3.14. The second-order valence-electron chi connectivity index (χ2n) is 4.36. The minimum absolute atomic E-state index is 0.0131. The molecule has 0 unspecified atom stereocenters. The van der Waals surface area contributed by atoms with Gasteiger partial charge in [-0.1, -0.05) is 0 Å². The van der Waals surface area contributed by atoms with E-state index in [4.69, 9.17) is 5.73 Å². The predicted molar refractivity (Wildman–Crippen MR) is 82.3 cm³/mol. The molecule has 0 saturated heterocycles. The minimum Gasteiger partial charge on any atom is -0.397 e. The Hall–Kier alpha value is -1.27. The van der Waals surface area contributed by atoms with Crippen LogP contribution in [0.3, 0.4) is 0 Å². The lowest BCUT2D eigenvalue weighted by atomic mass is 10.3. The van der Waals surface area contributed by atoms with E-state index in [1.807, 2.05) is 22.9 Å². The van der Waals surface area contributed by atoms with Gasteiger partial charge in [0.1, 0.15) is 5.69 Å². The van der Waals surface area contributed by atoms with Gasteiger partial charge in [0.05, 0.1) is 9.47 Å². The first-order valence-corrected chi connectivity index (χ1v) is 7.62. The highest BCUT2D eigenvalue weighted by Gasteiger charge is 2.17. The second-order valence-corrected chi connectivity index (χ2v) is 6.66. The molecule has 2 aromatic rings. The molecule has 0 radical (unpaired) electrons. The molecule has 6 heteroatoms. The molecule has 1 amide bonds. The van der Waals surface area contributed by atoms with Crippen molar-refractivity contribution >= 4 is 38.9 Å². The Kier molecular flexibility index (Phi) is 4.31. The number of anilines is 1. The van der Waals surface area contributed by atoms with Crippen LogP contribution in [0, 0.1) is 0 Å². The van der Waals surface area contributed by atoms with E-state index in [0.717, 1.165) is 15.9 Å². The summed E-state index contributed by atoms with van der Waals surface area (Å²) >= 11 is 5.04. The topological polar surface area (TPSA) is 51.3 Å². The van der Waals surface area contributed by atoms with Gasteiger partial charge in [0.15, 0.2) is 0 Å². The van der Waals surface area contributed by atoms with Crippen molar-refractivity contribution in [2.24, 2.45) is 0 Å². The monoisotopic (exact) mass is 341 g/mol. The van der Waals surface area contributed by atoms with E-state index in [2.05, 4.69) is 15.9 Å². The molecule has 0 fully saturated rings. The Bertz CT molecular complexity index is 590. The quantitative estimate of drug-likeness (QED) is 0.928. The summed E-state index contributed by atoms with van der Waals surface area (Å²) in [5, 5.41) is 2.04. The summed E-state index contributed by atoms with van der Waals surface area (Å²) < 4.78 is 2.95. The summed E-state index contributed by atoms with van der Waals surface area (Å²) in [6.07, 6.45) is 1.79. The zero-order valence-electron chi connectivity index (χ0n) is 10.9. The molecule has 2 rings (SSSR count). The van der Waals surface area contributed by atoms with Crippen LogP contribution in [0.15, 0.2) is 27.5 Å². The van der Waals surface area contributed by atoms with Crippen molar-refractivity contribution in [1.29, 1.82) is 0 Å². The lowest BCUT2D eigenvalue weighted by Gasteiger charge is -2.17. The van der Waals surface area contributed by atoms with Gasteiger partial charge in [-0.3, -0.25) is 4.79 Å². The van der Waals surface area contributed by atoms with Gasteiger partial charge in [0, 0.05) is 26.3 Å². The van der Waals surface area contributed by atoms with Crippen molar-refractivity contribution in [3.05, 3.63) is 38.8 Å². The van der Waals surface area contributed by atoms with Crippen molar-refractivity contribution < 1.29 is 4.79 Å². The van der Waals surface area contributed by atoms with Crippen LogP contribution in [0.5, 0.6) is 0 Å². The van der Waals surface area contributed by atoms with Crippen molar-refractivity contribution in [3.63, 3.8) is 0 Å². The number of carbonyl (C=O) groups is 1. The van der Waals surface area contributed by atoms with Crippen LogP contribution in [0.25, 0.3) is 0 Å². The normalized spacial score (nSPS) is 10.7. The van der Waals surface area contributed by atoms with Gasteiger partial charge in [-0.2, -0.15) is 0 Å². The molecule has 0 aromatic carbocycles. The Balaban J connectivity index is 2.14. The van der Waals surface area contributed by atoms with E-state index in [-0.39, 0.29) is 5.91 Å². The first kappa shape index (κ1) is 14.1. The van der Waals surface area contributed by atoms with Gasteiger partial charge in [-0.05, 0) is 45.9 Å². The number of nitrogens with two attached hydrogens (primary N) is 1. The third-order valence-electron chi connectivity index (χ3n) is 2.87. The summed E-state index contributed by atoms with van der Waals surface area (Å²) in [7, 11) is 1.80. The number of carbonyl (C=O) groups excluding carboxylic acids is 1. The number of halogens is 1. The first-order chi connectivity index (χ1) is 9.01. The molecule has 0 saturated carbocycles. The van der Waals surface area contributed by atoms with E-state index >= 15 is 0 Å². The van der Waals surface area contributed by atoms with Crippen LogP contribution in [0.2, 0.25) is 0 Å². The van der Waals surface area contributed by atoms with Gasteiger partial charge in [-0.25, -0.2) is 0 Å². The Morgan fingerprint density at radius 1 is 1.53 bits per heavy atom. The molecule has 4 nitrogen and oxygen atoms in total. The highest BCUT2D eigenvalue weighted by molar-refractivity contribution is 9.11. The predicted octanol–water partition coefficient (Wildman–Crippen LogP) is 3.19. The van der Waals surface area contributed by atoms with Gasteiger partial charge >= 0.3 is 0 Å². The van der Waals surface area contributed by atoms with Gasteiger partial charge in [0.25, 0.3) is 5.91 Å². The standard InChI is InChI=1S/C13H16BrN3OS/c1-3-17-7-10(15)5-11(17)13(18)16(2)6-9-4-12(14)19-8-9/h4-5,7-8H,3,6,15H2,1-2H3. The number of hydrogen-bond acceptors (Lipinski definition) is 3. The van der Waals surface area contributed by atoms with E-state index < -0.39 is 0 Å². The van der Waals surface area contributed by atoms with E-state index in [0.29, 0.717) is 17.9 Å². The van der Waals surface area contributed by atoms with Gasteiger partial charge in [0.2, 0.25) is 0 Å². The Morgan fingerprint density at radius 3 is 2.84 bits per heavy atom. The first-order valence-electron chi connectivity index (χ1n) is 5.95. The average Bonchev–Trinajstić information content (AvgIpc) is 2.94. The Labute approximate surface area is 125 Å². The average molecular weight is 342 g/mol. The highest BCUT2D eigenvalue weighted by atomic mass is 79.9. The van der Waals surface area contributed by atoms with Gasteiger partial charge < -0.3 is 15.2 Å². The highest BCUT2D eigenvalue weighted by Crippen LogP contribution is 2.22. The number of thiophene rings is 1. The fourth-order valence-electron chi connectivity index (χ4n) is 1.94. The van der Waals surface area contributed by atoms with Crippen molar-refractivity contribution in [2.75, 3.05) is 12.8 Å². The number of rotatable bonds is 4. The Morgan fingerprint density at radius 2 is 2.26 bits per heavy atom. The molecular formula is C13H16BrN3OS. The molecule has 0 aliphatic carbocycles. The largest absolute Gasteiger partial charge is 0.397 e. The molecule has 0 aliphatic heterocycles. The summed E-state index contributed by atoms with van der Waals surface area (Å²) in [5.41, 5.74) is 8.13. The summed E-state index contributed by atoms with van der Waals surface area (Å²) in [5.74, 6) is -0.0131. The lowest BCUT2D eigenvalue weighted by Crippen LogP contribution is -2.27. The number of aryl methyl sites for hydroxylation is 1. The van der Waals surface area contributed by atoms with Crippen LogP contribution >= 0.6 is 27.3 Å². The molecule has 0 bridgehead atoms. The SMILES string of the molecule is CCn1cc(N)cc1C(=O)N(C)Cc1csc(Br)c1. The molecule has 0 atom stereocenters. The number of nitrogen functional groups attached to an aromatic ring is 1. The molecule has 0 aliphatic rings. The lowest BCUT2D eigenvalue weighted by molar-refractivity contribution is 0.0774. The molecule has 2 N–H and O–H groups in total. The zero-order valence-corrected chi connectivity index (χ0v) is 13.3. The molecule has 2 aromatic heterocycles. The summed E-state index contributed by atoms with van der Waals surface area (Å²) in [6.45, 7) is 3.32. The van der Waals surface area contributed by atoms with Crippen molar-refractivity contribution in [2.45, 2.75) is 20.0 Å². The maximum absolute atomic E-state index is 12.4. The maximum atomic E-state index is 12.4. The molecule has 0 spiro atoms.